The molecule has 9 nitrogen and oxygen atoms in total. The topological polar surface area (TPSA) is 156 Å². The molecule has 0 aliphatic rings. The van der Waals surface area contributed by atoms with Crippen molar-refractivity contribution in [3.8, 4) is 0 Å². The SMILES string of the molecule is O=C(O)CN(CC=CP(=O)(O)O)CC=CP(=O)(O)O. The molecule has 0 saturated carbocycles. The summed E-state index contributed by atoms with van der Waals surface area (Å²) in [6, 6.07) is 0. The van der Waals surface area contributed by atoms with Gasteiger partial charge in [-0.15, -0.1) is 0 Å². The summed E-state index contributed by atoms with van der Waals surface area (Å²) in [6.07, 6.45) is 2.18. The summed E-state index contributed by atoms with van der Waals surface area (Å²) in [4.78, 5) is 46.0. The minimum Gasteiger partial charge on any atom is -0.480 e. The minimum atomic E-state index is -4.31. The molecule has 0 rings (SSSR count). The van der Waals surface area contributed by atoms with Crippen molar-refractivity contribution in [3.05, 3.63) is 23.8 Å². The third-order valence-electron chi connectivity index (χ3n) is 1.69. The summed E-state index contributed by atoms with van der Waals surface area (Å²) in [6.45, 7) is -0.594. The third kappa shape index (κ3) is 13.4. The Morgan fingerprint density at radius 3 is 1.58 bits per heavy atom. The van der Waals surface area contributed by atoms with Crippen LogP contribution in [0.1, 0.15) is 0 Å². The second kappa shape index (κ2) is 7.72. The second-order valence-corrected chi connectivity index (χ2v) is 6.49. The largest absolute Gasteiger partial charge is 0.480 e. The van der Waals surface area contributed by atoms with Gasteiger partial charge in [-0.2, -0.15) is 0 Å². The molecule has 0 unspecified atom stereocenters. The first-order valence-corrected chi connectivity index (χ1v) is 8.26. The van der Waals surface area contributed by atoms with Crippen molar-refractivity contribution >= 4 is 21.2 Å². The first-order valence-electron chi connectivity index (χ1n) is 4.89. The van der Waals surface area contributed by atoms with Crippen LogP contribution in [0.4, 0.5) is 0 Å². The van der Waals surface area contributed by atoms with Crippen molar-refractivity contribution in [2.24, 2.45) is 0 Å². The molecule has 0 aliphatic carbocycles. The van der Waals surface area contributed by atoms with Gasteiger partial charge in [0.15, 0.2) is 0 Å². The number of hydrogen-bond acceptors (Lipinski definition) is 4. The molecule has 0 heterocycles. The molecule has 0 aromatic rings. The van der Waals surface area contributed by atoms with Gasteiger partial charge in [0.2, 0.25) is 0 Å². The predicted octanol–water partition coefficient (Wildman–Crippen LogP) is -0.244. The highest BCUT2D eigenvalue weighted by molar-refractivity contribution is 7.55. The summed E-state index contributed by atoms with van der Waals surface area (Å²) in [5, 5.41) is 8.61. The predicted molar refractivity (Wildman–Crippen MR) is 66.4 cm³/mol. The smallest absolute Gasteiger partial charge is 0.348 e. The third-order valence-corrected chi connectivity index (χ3v) is 2.88. The molecule has 0 atom stereocenters. The standard InChI is InChI=1S/C8H15NO8P2/c10-8(11)7-9(3-1-5-18(12,13)14)4-2-6-19(15,16)17/h1-2,5-6H,3-4,7H2,(H,10,11)(H2,12,13,14)(H2,15,16,17). The van der Waals surface area contributed by atoms with Crippen LogP contribution >= 0.6 is 15.2 Å². The molecule has 0 amide bonds. The Hall–Kier alpha value is -0.790. The highest BCUT2D eigenvalue weighted by atomic mass is 31.2. The Morgan fingerprint density at radius 1 is 0.947 bits per heavy atom. The van der Waals surface area contributed by atoms with Crippen LogP contribution in [-0.2, 0) is 13.9 Å². The lowest BCUT2D eigenvalue weighted by Gasteiger charge is -2.15. The van der Waals surface area contributed by atoms with E-state index in [-0.39, 0.29) is 13.1 Å². The van der Waals surface area contributed by atoms with Gasteiger partial charge in [0.05, 0.1) is 6.54 Å². The van der Waals surface area contributed by atoms with Gasteiger partial charge in [0.1, 0.15) is 0 Å². The average Bonchev–Trinajstić information content (AvgIpc) is 2.11. The van der Waals surface area contributed by atoms with E-state index in [9.17, 15) is 13.9 Å². The first kappa shape index (κ1) is 18.2. The van der Waals surface area contributed by atoms with E-state index < -0.39 is 27.7 Å². The van der Waals surface area contributed by atoms with Crippen molar-refractivity contribution in [1.29, 1.82) is 0 Å². The number of carbonyl (C=O) groups is 1. The van der Waals surface area contributed by atoms with Crippen LogP contribution < -0.4 is 0 Å². The zero-order valence-corrected chi connectivity index (χ0v) is 11.5. The van der Waals surface area contributed by atoms with Crippen molar-refractivity contribution in [1.82, 2.24) is 4.90 Å². The van der Waals surface area contributed by atoms with Gasteiger partial charge < -0.3 is 24.7 Å². The molecular formula is C8H15NO8P2. The minimum absolute atomic E-state index is 0.0804. The number of carboxylic acid groups (broad SMARTS) is 1. The van der Waals surface area contributed by atoms with E-state index in [1.165, 1.54) is 4.90 Å². The molecule has 0 bridgehead atoms. The zero-order chi connectivity index (χ0) is 15.1. The number of carboxylic acids is 1. The molecule has 5 N–H and O–H groups in total. The molecule has 0 radical (unpaired) electrons. The fourth-order valence-corrected chi connectivity index (χ4v) is 1.80. The fraction of sp³-hybridized carbons (Fsp3) is 0.375. The quantitative estimate of drug-likeness (QED) is 0.381. The van der Waals surface area contributed by atoms with E-state index >= 15 is 0 Å². The summed E-state index contributed by atoms with van der Waals surface area (Å²) in [5.74, 6) is 0.0949. The molecule has 110 valence electrons. The lowest BCUT2D eigenvalue weighted by Crippen LogP contribution is -2.30. The molecule has 0 aliphatic heterocycles. The Kier molecular flexibility index (Phi) is 7.39. The molecule has 0 fully saturated rings. The maximum Gasteiger partial charge on any atom is 0.348 e. The Balaban J connectivity index is 4.52. The van der Waals surface area contributed by atoms with Crippen LogP contribution in [-0.4, -0.2) is 55.2 Å². The highest BCUT2D eigenvalue weighted by Crippen LogP contribution is 2.36. The van der Waals surface area contributed by atoms with Gasteiger partial charge in [-0.25, -0.2) is 0 Å². The van der Waals surface area contributed by atoms with Crippen molar-refractivity contribution in [3.63, 3.8) is 0 Å². The van der Waals surface area contributed by atoms with E-state index in [4.69, 9.17) is 24.7 Å². The Bertz CT molecular complexity index is 414. The Morgan fingerprint density at radius 2 is 1.32 bits per heavy atom. The van der Waals surface area contributed by atoms with Crippen LogP contribution in [0.5, 0.6) is 0 Å². The van der Waals surface area contributed by atoms with Gasteiger partial charge in [-0.3, -0.25) is 18.8 Å². The van der Waals surface area contributed by atoms with Gasteiger partial charge in [0, 0.05) is 24.7 Å². The molecule has 11 heteroatoms. The first-order chi connectivity index (χ1) is 8.49. The summed E-state index contributed by atoms with van der Waals surface area (Å²) in [5.41, 5.74) is 0. The molecular weight excluding hydrogens is 300 g/mol. The van der Waals surface area contributed by atoms with Crippen molar-refractivity contribution in [2.45, 2.75) is 0 Å². The molecule has 0 spiro atoms. The zero-order valence-electron chi connectivity index (χ0n) is 9.73. The van der Waals surface area contributed by atoms with Crippen molar-refractivity contribution in [2.75, 3.05) is 19.6 Å². The number of nitrogens with zero attached hydrogens (tertiary/aromatic N) is 1. The van der Waals surface area contributed by atoms with E-state index in [0.29, 0.717) is 11.6 Å². The van der Waals surface area contributed by atoms with Gasteiger partial charge in [-0.05, 0) is 0 Å². The average molecular weight is 315 g/mol. The molecule has 19 heavy (non-hydrogen) atoms. The lowest BCUT2D eigenvalue weighted by atomic mass is 10.4. The van der Waals surface area contributed by atoms with Crippen molar-refractivity contribution < 1.29 is 38.6 Å². The maximum absolute atomic E-state index is 10.5. The van der Waals surface area contributed by atoms with Gasteiger partial charge in [0.25, 0.3) is 0 Å². The lowest BCUT2D eigenvalue weighted by molar-refractivity contribution is -0.138. The van der Waals surface area contributed by atoms with E-state index in [1.54, 1.807) is 0 Å². The number of aliphatic carboxylic acids is 1. The molecule has 0 aromatic carbocycles. The summed E-state index contributed by atoms with van der Waals surface area (Å²) >= 11 is 0. The number of rotatable bonds is 8. The summed E-state index contributed by atoms with van der Waals surface area (Å²) < 4.78 is 21.1. The second-order valence-electron chi connectivity index (χ2n) is 3.54. The van der Waals surface area contributed by atoms with Gasteiger partial charge in [-0.1, -0.05) is 12.2 Å². The van der Waals surface area contributed by atoms with E-state index in [0.717, 1.165) is 12.2 Å². The normalized spacial score (nSPS) is 13.7. The van der Waals surface area contributed by atoms with Crippen LogP contribution in [0.25, 0.3) is 0 Å². The Labute approximate surface area is 109 Å². The highest BCUT2D eigenvalue weighted by Gasteiger charge is 2.10. The fourth-order valence-electron chi connectivity index (χ4n) is 1.06. The van der Waals surface area contributed by atoms with E-state index in [1.807, 2.05) is 0 Å². The molecule has 0 saturated heterocycles. The van der Waals surface area contributed by atoms with Crippen LogP contribution in [0.15, 0.2) is 23.8 Å². The van der Waals surface area contributed by atoms with Crippen LogP contribution in [0, 0.1) is 0 Å². The van der Waals surface area contributed by atoms with E-state index in [2.05, 4.69) is 0 Å². The van der Waals surface area contributed by atoms with Gasteiger partial charge >= 0.3 is 21.2 Å². The summed E-state index contributed by atoms with van der Waals surface area (Å²) in [7, 11) is -8.61. The van der Waals surface area contributed by atoms with Crippen LogP contribution in [0.2, 0.25) is 0 Å². The maximum atomic E-state index is 10.5. The molecule has 0 aromatic heterocycles. The van der Waals surface area contributed by atoms with Crippen LogP contribution in [0.3, 0.4) is 0 Å². The number of hydrogen-bond donors (Lipinski definition) is 5. The monoisotopic (exact) mass is 315 g/mol.